The molecule has 0 aliphatic heterocycles. The third kappa shape index (κ3) is 3.34. The van der Waals surface area contributed by atoms with Crippen LogP contribution in [0.2, 0.25) is 5.04 Å². The van der Waals surface area contributed by atoms with Crippen LogP contribution in [0.1, 0.15) is 34.1 Å². The predicted molar refractivity (Wildman–Crippen MR) is 98.2 cm³/mol. The standard InChI is InChI=1S/C20H27OSi/c1-5-6-17-21-22(20(2,3)4,18-13-9-7-10-14-18)19-15-11-8-12-16-19/h5,7-16H,6,17H2,1-4H3. The molecule has 2 aromatic rings. The van der Waals surface area contributed by atoms with Gasteiger partial charge in [-0.3, -0.25) is 0 Å². The van der Waals surface area contributed by atoms with Gasteiger partial charge in [0.1, 0.15) is 0 Å². The molecule has 0 fully saturated rings. The van der Waals surface area contributed by atoms with Gasteiger partial charge in [0.25, 0.3) is 8.32 Å². The van der Waals surface area contributed by atoms with Gasteiger partial charge in [0.05, 0.1) is 0 Å². The summed E-state index contributed by atoms with van der Waals surface area (Å²) in [6, 6.07) is 21.6. The molecule has 117 valence electrons. The summed E-state index contributed by atoms with van der Waals surface area (Å²) in [5.74, 6) is 0. The Bertz CT molecular complexity index is 518. The van der Waals surface area contributed by atoms with Crippen molar-refractivity contribution in [3.63, 3.8) is 0 Å². The van der Waals surface area contributed by atoms with Gasteiger partial charge in [-0.2, -0.15) is 0 Å². The molecule has 1 radical (unpaired) electrons. The second kappa shape index (κ2) is 7.25. The smallest absolute Gasteiger partial charge is 0.261 e. The van der Waals surface area contributed by atoms with E-state index in [1.54, 1.807) is 0 Å². The maximum absolute atomic E-state index is 6.71. The van der Waals surface area contributed by atoms with E-state index < -0.39 is 8.32 Å². The minimum Gasteiger partial charge on any atom is -0.407 e. The number of hydrogen-bond donors (Lipinski definition) is 0. The minimum atomic E-state index is -2.31. The lowest BCUT2D eigenvalue weighted by Crippen LogP contribution is -2.66. The quantitative estimate of drug-likeness (QED) is 0.574. The largest absolute Gasteiger partial charge is 0.407 e. The highest BCUT2D eigenvalue weighted by Gasteiger charge is 2.49. The summed E-state index contributed by atoms with van der Waals surface area (Å²) < 4.78 is 6.71. The Balaban J connectivity index is 2.59. The van der Waals surface area contributed by atoms with Crippen molar-refractivity contribution in [2.75, 3.05) is 6.61 Å². The van der Waals surface area contributed by atoms with Crippen molar-refractivity contribution in [1.82, 2.24) is 0 Å². The van der Waals surface area contributed by atoms with Crippen molar-refractivity contribution in [3.8, 4) is 0 Å². The molecular weight excluding hydrogens is 284 g/mol. The Morgan fingerprint density at radius 3 is 1.68 bits per heavy atom. The highest BCUT2D eigenvalue weighted by atomic mass is 28.4. The van der Waals surface area contributed by atoms with Crippen LogP contribution in [0.4, 0.5) is 0 Å². The van der Waals surface area contributed by atoms with E-state index >= 15 is 0 Å². The van der Waals surface area contributed by atoms with Crippen LogP contribution in [0.15, 0.2) is 60.7 Å². The first kappa shape index (κ1) is 17.0. The Kier molecular flexibility index (Phi) is 5.60. The van der Waals surface area contributed by atoms with E-state index in [0.29, 0.717) is 0 Å². The monoisotopic (exact) mass is 311 g/mol. The van der Waals surface area contributed by atoms with Crippen molar-refractivity contribution in [3.05, 3.63) is 67.1 Å². The molecule has 0 saturated heterocycles. The van der Waals surface area contributed by atoms with E-state index in [9.17, 15) is 0 Å². The lowest BCUT2D eigenvalue weighted by molar-refractivity contribution is 0.300. The first-order chi connectivity index (χ1) is 10.5. The van der Waals surface area contributed by atoms with Gasteiger partial charge in [0.2, 0.25) is 0 Å². The zero-order valence-corrected chi connectivity index (χ0v) is 15.2. The van der Waals surface area contributed by atoms with Crippen LogP contribution in [0.5, 0.6) is 0 Å². The van der Waals surface area contributed by atoms with E-state index in [4.69, 9.17) is 4.43 Å². The van der Waals surface area contributed by atoms with Crippen LogP contribution >= 0.6 is 0 Å². The first-order valence-electron chi connectivity index (χ1n) is 8.05. The summed E-state index contributed by atoms with van der Waals surface area (Å²) in [5, 5.41) is 2.78. The lowest BCUT2D eigenvalue weighted by atomic mass is 10.2. The molecule has 0 spiro atoms. The van der Waals surface area contributed by atoms with E-state index in [2.05, 4.69) is 94.8 Å². The van der Waals surface area contributed by atoms with Crippen LogP contribution < -0.4 is 10.4 Å². The SMILES string of the molecule is C[CH]CCO[Si](c1ccccc1)(c1ccccc1)C(C)(C)C. The minimum absolute atomic E-state index is 0.0729. The van der Waals surface area contributed by atoms with Gasteiger partial charge in [-0.05, 0) is 28.3 Å². The average molecular weight is 312 g/mol. The maximum Gasteiger partial charge on any atom is 0.261 e. The first-order valence-corrected chi connectivity index (χ1v) is 9.96. The Morgan fingerprint density at radius 1 is 0.864 bits per heavy atom. The van der Waals surface area contributed by atoms with Crippen LogP contribution in [-0.4, -0.2) is 14.9 Å². The van der Waals surface area contributed by atoms with Gasteiger partial charge in [-0.1, -0.05) is 88.4 Å². The molecule has 0 heterocycles. The van der Waals surface area contributed by atoms with Crippen molar-refractivity contribution in [2.45, 2.75) is 39.2 Å². The van der Waals surface area contributed by atoms with Crippen LogP contribution in [0, 0.1) is 6.42 Å². The normalized spacial score (nSPS) is 12.4. The molecule has 0 bridgehead atoms. The fourth-order valence-electron chi connectivity index (χ4n) is 3.09. The van der Waals surface area contributed by atoms with E-state index in [1.807, 2.05) is 0 Å². The van der Waals surface area contributed by atoms with E-state index in [1.165, 1.54) is 10.4 Å². The Hall–Kier alpha value is -1.38. The van der Waals surface area contributed by atoms with Crippen LogP contribution in [-0.2, 0) is 4.43 Å². The molecule has 0 aromatic heterocycles. The third-order valence-corrected chi connectivity index (χ3v) is 9.18. The van der Waals surface area contributed by atoms with Gasteiger partial charge < -0.3 is 4.43 Å². The number of unbranched alkanes of at least 4 members (excludes halogenated alkanes) is 1. The summed E-state index contributed by atoms with van der Waals surface area (Å²) in [5.41, 5.74) is 0. The molecule has 0 N–H and O–H groups in total. The maximum atomic E-state index is 6.71. The molecule has 0 atom stereocenters. The summed E-state index contributed by atoms with van der Waals surface area (Å²) in [6.07, 6.45) is 3.17. The number of hydrogen-bond acceptors (Lipinski definition) is 1. The van der Waals surface area contributed by atoms with Crippen LogP contribution in [0.3, 0.4) is 0 Å². The third-order valence-electron chi connectivity index (χ3n) is 4.14. The lowest BCUT2D eigenvalue weighted by Gasteiger charge is -2.43. The van der Waals surface area contributed by atoms with Gasteiger partial charge in [-0.25, -0.2) is 0 Å². The van der Waals surface area contributed by atoms with Crippen LogP contribution in [0.25, 0.3) is 0 Å². The van der Waals surface area contributed by atoms with E-state index in [-0.39, 0.29) is 5.04 Å². The molecule has 1 nitrogen and oxygen atoms in total. The van der Waals surface area contributed by atoms with Gasteiger partial charge >= 0.3 is 0 Å². The second-order valence-electron chi connectivity index (χ2n) is 6.71. The zero-order chi connectivity index (χ0) is 16.1. The second-order valence-corrected chi connectivity index (χ2v) is 11.0. The molecule has 2 rings (SSSR count). The summed E-state index contributed by atoms with van der Waals surface area (Å²) in [6.45, 7) is 9.82. The molecule has 0 aliphatic carbocycles. The Labute approximate surface area is 136 Å². The molecule has 2 heteroatoms. The topological polar surface area (TPSA) is 9.23 Å². The highest BCUT2D eigenvalue weighted by molar-refractivity contribution is 6.99. The molecule has 0 saturated carbocycles. The molecule has 0 aliphatic rings. The zero-order valence-electron chi connectivity index (χ0n) is 14.2. The van der Waals surface area contributed by atoms with E-state index in [0.717, 1.165) is 13.0 Å². The fourth-order valence-corrected chi connectivity index (χ4v) is 7.67. The Morgan fingerprint density at radius 2 is 1.32 bits per heavy atom. The summed E-state index contributed by atoms with van der Waals surface area (Å²) >= 11 is 0. The van der Waals surface area contributed by atoms with Gasteiger partial charge in [0.15, 0.2) is 0 Å². The average Bonchev–Trinajstić information content (AvgIpc) is 2.52. The van der Waals surface area contributed by atoms with Crippen molar-refractivity contribution in [2.24, 2.45) is 0 Å². The molecule has 0 unspecified atom stereocenters. The molecule has 2 aromatic carbocycles. The molecule has 0 amide bonds. The van der Waals surface area contributed by atoms with Crippen molar-refractivity contribution in [1.29, 1.82) is 0 Å². The fraction of sp³-hybridized carbons (Fsp3) is 0.350. The highest BCUT2D eigenvalue weighted by Crippen LogP contribution is 2.36. The van der Waals surface area contributed by atoms with Crippen molar-refractivity contribution >= 4 is 18.7 Å². The molecular formula is C20H27OSi. The van der Waals surface area contributed by atoms with Gasteiger partial charge in [-0.15, -0.1) is 0 Å². The van der Waals surface area contributed by atoms with Gasteiger partial charge in [0, 0.05) is 6.61 Å². The number of rotatable bonds is 6. The summed E-state index contributed by atoms with van der Waals surface area (Å²) in [4.78, 5) is 0. The number of benzene rings is 2. The molecule has 22 heavy (non-hydrogen) atoms. The predicted octanol–water partition coefficient (Wildman–Crippen LogP) is 4.18. The summed E-state index contributed by atoms with van der Waals surface area (Å²) in [7, 11) is -2.31. The van der Waals surface area contributed by atoms with Crippen molar-refractivity contribution < 1.29 is 4.43 Å².